The number of hydrazine groups is 1. The van der Waals surface area contributed by atoms with Crippen LogP contribution < -0.4 is 20.5 Å². The highest BCUT2D eigenvalue weighted by Gasteiger charge is 2.11. The van der Waals surface area contributed by atoms with E-state index < -0.39 is 11.8 Å². The number of carbonyl (C=O) groups excluding carboxylic acids is 2. The van der Waals surface area contributed by atoms with Crippen molar-refractivity contribution < 1.29 is 14.3 Å². The number of ether oxygens (including phenoxy) is 1. The number of nitrogens with zero attached hydrogens (tertiary/aromatic N) is 1. The molecule has 3 rings (SSSR count). The summed E-state index contributed by atoms with van der Waals surface area (Å²) in [7, 11) is 0. The fraction of sp³-hybridized carbons (Fsp3) is 0.190. The molecule has 0 spiro atoms. The highest BCUT2D eigenvalue weighted by molar-refractivity contribution is 7.07. The summed E-state index contributed by atoms with van der Waals surface area (Å²) in [6.07, 6.45) is 0. The van der Waals surface area contributed by atoms with Crippen molar-refractivity contribution in [2.75, 3.05) is 0 Å². The van der Waals surface area contributed by atoms with Crippen LogP contribution in [0.2, 0.25) is 5.02 Å². The third-order valence-corrected chi connectivity index (χ3v) is 5.65. The summed E-state index contributed by atoms with van der Waals surface area (Å²) in [6, 6.07) is 12.3. The number of halogens is 1. The van der Waals surface area contributed by atoms with E-state index in [0.29, 0.717) is 28.6 Å². The van der Waals surface area contributed by atoms with Gasteiger partial charge in [0.15, 0.2) is 0 Å². The van der Waals surface area contributed by atoms with E-state index in [1.165, 1.54) is 4.57 Å². The van der Waals surface area contributed by atoms with E-state index in [4.69, 9.17) is 16.3 Å². The van der Waals surface area contributed by atoms with Crippen LogP contribution in [0, 0.1) is 13.8 Å². The first-order valence-electron chi connectivity index (χ1n) is 9.05. The Labute approximate surface area is 182 Å². The van der Waals surface area contributed by atoms with E-state index in [-0.39, 0.29) is 11.4 Å². The monoisotopic (exact) mass is 445 g/mol. The van der Waals surface area contributed by atoms with Gasteiger partial charge in [-0.15, -0.1) is 0 Å². The van der Waals surface area contributed by atoms with Crippen LogP contribution in [0.5, 0.6) is 5.75 Å². The lowest BCUT2D eigenvalue weighted by Crippen LogP contribution is -2.44. The minimum absolute atomic E-state index is 0.158. The molecule has 30 heavy (non-hydrogen) atoms. The molecule has 0 saturated carbocycles. The van der Waals surface area contributed by atoms with Crippen molar-refractivity contribution >= 4 is 34.8 Å². The van der Waals surface area contributed by atoms with Gasteiger partial charge in [-0.25, -0.2) is 0 Å². The predicted octanol–water partition coefficient (Wildman–Crippen LogP) is 3.22. The van der Waals surface area contributed by atoms with Gasteiger partial charge >= 0.3 is 4.87 Å². The van der Waals surface area contributed by atoms with Gasteiger partial charge in [0.1, 0.15) is 18.9 Å². The van der Waals surface area contributed by atoms with Crippen molar-refractivity contribution in [2.24, 2.45) is 0 Å². The van der Waals surface area contributed by atoms with Crippen LogP contribution in [0.25, 0.3) is 0 Å². The maximum atomic E-state index is 12.2. The van der Waals surface area contributed by atoms with Crippen LogP contribution in [0.3, 0.4) is 0 Å². The van der Waals surface area contributed by atoms with Crippen LogP contribution in [-0.4, -0.2) is 16.4 Å². The molecule has 0 fully saturated rings. The molecular formula is C21H20ClN3O4S. The molecule has 0 bridgehead atoms. The number of amides is 2. The van der Waals surface area contributed by atoms with Crippen LogP contribution in [-0.2, 0) is 17.9 Å². The Kier molecular flexibility index (Phi) is 6.91. The van der Waals surface area contributed by atoms with Crippen molar-refractivity contribution in [3.63, 3.8) is 0 Å². The predicted molar refractivity (Wildman–Crippen MR) is 116 cm³/mol. The molecule has 0 saturated heterocycles. The topological polar surface area (TPSA) is 89.4 Å². The summed E-state index contributed by atoms with van der Waals surface area (Å²) in [5, 5.41) is 2.36. The number of nitrogens with one attached hydrogen (secondary N) is 2. The molecule has 0 aliphatic carbocycles. The number of thiazole rings is 1. The largest absolute Gasteiger partial charge is 0.489 e. The van der Waals surface area contributed by atoms with Gasteiger partial charge < -0.3 is 4.74 Å². The van der Waals surface area contributed by atoms with Gasteiger partial charge in [0.2, 0.25) is 0 Å². The van der Waals surface area contributed by atoms with E-state index >= 15 is 0 Å². The SMILES string of the molecule is Cc1cc(OCc2ccc(C(=O)NNC(=O)Cn3c(C)csc3=O)cc2)ccc1Cl. The zero-order valence-corrected chi connectivity index (χ0v) is 18.0. The zero-order chi connectivity index (χ0) is 21.7. The molecule has 156 valence electrons. The van der Waals surface area contributed by atoms with Crippen LogP contribution in [0.4, 0.5) is 0 Å². The van der Waals surface area contributed by atoms with Gasteiger partial charge in [-0.2, -0.15) is 0 Å². The van der Waals surface area contributed by atoms with Gasteiger partial charge in [0, 0.05) is 21.7 Å². The van der Waals surface area contributed by atoms with Crippen molar-refractivity contribution in [3.05, 3.63) is 84.9 Å². The summed E-state index contributed by atoms with van der Waals surface area (Å²) in [6.45, 7) is 3.83. The summed E-state index contributed by atoms with van der Waals surface area (Å²) in [4.78, 5) is 35.6. The maximum absolute atomic E-state index is 12.2. The van der Waals surface area contributed by atoms with E-state index in [2.05, 4.69) is 10.9 Å². The lowest BCUT2D eigenvalue weighted by atomic mass is 10.1. The Balaban J connectivity index is 1.50. The Morgan fingerprint density at radius 3 is 2.47 bits per heavy atom. The molecule has 2 amide bonds. The Morgan fingerprint density at radius 1 is 1.10 bits per heavy atom. The van der Waals surface area contributed by atoms with Gasteiger partial charge in [-0.05, 0) is 55.3 Å². The standard InChI is InChI=1S/C21H20ClN3O4S/c1-13-9-17(7-8-18(13)22)29-11-15-3-5-16(6-4-15)20(27)24-23-19(26)10-25-14(2)12-30-21(25)28/h3-9,12H,10-11H2,1-2H3,(H,23,26)(H,24,27). The molecule has 0 aliphatic heterocycles. The molecule has 2 N–H and O–H groups in total. The maximum Gasteiger partial charge on any atom is 0.307 e. The van der Waals surface area contributed by atoms with Gasteiger partial charge in [-0.1, -0.05) is 35.1 Å². The number of hydrogen-bond acceptors (Lipinski definition) is 5. The second kappa shape index (κ2) is 9.60. The Hall–Kier alpha value is -3.10. The number of aryl methyl sites for hydroxylation is 2. The lowest BCUT2D eigenvalue weighted by Gasteiger charge is -2.10. The van der Waals surface area contributed by atoms with Crippen molar-refractivity contribution in [1.29, 1.82) is 0 Å². The molecule has 2 aromatic carbocycles. The minimum Gasteiger partial charge on any atom is -0.489 e. The lowest BCUT2D eigenvalue weighted by molar-refractivity contribution is -0.122. The Bertz CT molecular complexity index is 1120. The highest BCUT2D eigenvalue weighted by Crippen LogP contribution is 2.21. The molecule has 7 nitrogen and oxygen atoms in total. The average Bonchev–Trinajstić information content (AvgIpc) is 3.05. The van der Waals surface area contributed by atoms with E-state index in [1.807, 2.05) is 13.0 Å². The average molecular weight is 446 g/mol. The van der Waals surface area contributed by atoms with Crippen LogP contribution >= 0.6 is 22.9 Å². The van der Waals surface area contributed by atoms with E-state index in [0.717, 1.165) is 22.5 Å². The zero-order valence-electron chi connectivity index (χ0n) is 16.4. The second-order valence-electron chi connectivity index (χ2n) is 6.63. The van der Waals surface area contributed by atoms with Crippen molar-refractivity contribution in [1.82, 2.24) is 15.4 Å². The van der Waals surface area contributed by atoms with Gasteiger partial charge in [-0.3, -0.25) is 29.8 Å². The molecule has 1 aromatic heterocycles. The minimum atomic E-state index is -0.491. The van der Waals surface area contributed by atoms with Crippen molar-refractivity contribution in [3.8, 4) is 5.75 Å². The summed E-state index contributed by atoms with van der Waals surface area (Å²) in [5.41, 5.74) is 7.55. The van der Waals surface area contributed by atoms with E-state index in [9.17, 15) is 14.4 Å². The smallest absolute Gasteiger partial charge is 0.307 e. The molecule has 0 aliphatic rings. The molecule has 9 heteroatoms. The van der Waals surface area contributed by atoms with E-state index in [1.54, 1.807) is 48.7 Å². The fourth-order valence-corrected chi connectivity index (χ4v) is 3.46. The highest BCUT2D eigenvalue weighted by atomic mass is 35.5. The molecule has 0 unspecified atom stereocenters. The van der Waals surface area contributed by atoms with Crippen molar-refractivity contribution in [2.45, 2.75) is 27.0 Å². The molecule has 1 heterocycles. The summed E-state index contributed by atoms with van der Waals surface area (Å²) >= 11 is 7.03. The number of hydrogen-bond donors (Lipinski definition) is 2. The summed E-state index contributed by atoms with van der Waals surface area (Å²) < 4.78 is 7.07. The molecular weight excluding hydrogens is 426 g/mol. The first kappa shape index (κ1) is 21.6. The Morgan fingerprint density at radius 2 is 1.83 bits per heavy atom. The normalized spacial score (nSPS) is 10.5. The van der Waals surface area contributed by atoms with Gasteiger partial charge in [0.25, 0.3) is 11.8 Å². The molecule has 0 radical (unpaired) electrons. The number of benzene rings is 2. The number of rotatable bonds is 6. The quantitative estimate of drug-likeness (QED) is 0.570. The first-order valence-corrected chi connectivity index (χ1v) is 10.3. The molecule has 3 aromatic rings. The van der Waals surface area contributed by atoms with Crippen LogP contribution in [0.1, 0.15) is 27.2 Å². The number of aromatic nitrogens is 1. The summed E-state index contributed by atoms with van der Waals surface area (Å²) in [5.74, 6) is -0.241. The fourth-order valence-electron chi connectivity index (χ4n) is 2.60. The molecule has 0 atom stereocenters. The third kappa shape index (κ3) is 5.49. The second-order valence-corrected chi connectivity index (χ2v) is 7.86. The first-order chi connectivity index (χ1) is 14.3. The van der Waals surface area contributed by atoms with Crippen LogP contribution in [0.15, 0.2) is 52.6 Å². The van der Waals surface area contributed by atoms with Gasteiger partial charge in [0.05, 0.1) is 0 Å². The third-order valence-electron chi connectivity index (χ3n) is 4.34. The number of carbonyl (C=O) groups is 2.